The van der Waals surface area contributed by atoms with E-state index in [-0.39, 0.29) is 5.69 Å². The summed E-state index contributed by atoms with van der Waals surface area (Å²) in [5, 5.41) is 11.4. The van der Waals surface area contributed by atoms with Crippen molar-refractivity contribution in [2.45, 2.75) is 25.3 Å². The maximum absolute atomic E-state index is 11.7. The summed E-state index contributed by atoms with van der Waals surface area (Å²) in [6.07, 6.45) is 4.39. The highest BCUT2D eigenvalue weighted by Crippen LogP contribution is 2.02. The molecule has 0 aliphatic rings. The molecule has 1 rings (SSSR count). The third kappa shape index (κ3) is 4.46. The molecule has 1 atom stereocenters. The number of carboxylic acids is 1. The quantitative estimate of drug-likeness (QED) is 0.578. The minimum absolute atomic E-state index is 0.148. The van der Waals surface area contributed by atoms with Crippen molar-refractivity contribution in [1.82, 2.24) is 15.3 Å². The van der Waals surface area contributed by atoms with E-state index in [0.29, 0.717) is 19.4 Å². The van der Waals surface area contributed by atoms with E-state index in [1.807, 2.05) is 0 Å². The van der Waals surface area contributed by atoms with Crippen molar-refractivity contribution < 1.29 is 14.7 Å². The number of unbranched alkanes of at least 4 members (excludes halogenated alkanes) is 1. The van der Waals surface area contributed by atoms with Crippen molar-refractivity contribution in [3.05, 3.63) is 24.3 Å². The highest BCUT2D eigenvalue weighted by atomic mass is 16.4. The zero-order chi connectivity index (χ0) is 13.4. The SMILES string of the molecule is NCCCCC(NC(=O)c1ccncn1)C(=O)O. The normalized spacial score (nSPS) is 11.8. The van der Waals surface area contributed by atoms with Gasteiger partial charge in [0, 0.05) is 6.20 Å². The highest BCUT2D eigenvalue weighted by Gasteiger charge is 2.20. The number of aromatic nitrogens is 2. The second kappa shape index (κ2) is 7.33. The Hall–Kier alpha value is -2.02. The first kappa shape index (κ1) is 14.0. The number of rotatable bonds is 7. The lowest BCUT2D eigenvalue weighted by molar-refractivity contribution is -0.139. The van der Waals surface area contributed by atoms with Crippen molar-refractivity contribution in [3.8, 4) is 0 Å². The van der Waals surface area contributed by atoms with Gasteiger partial charge < -0.3 is 16.2 Å². The van der Waals surface area contributed by atoms with E-state index in [0.717, 1.165) is 6.42 Å². The molecule has 0 bridgehead atoms. The van der Waals surface area contributed by atoms with Gasteiger partial charge in [0.2, 0.25) is 0 Å². The van der Waals surface area contributed by atoms with Gasteiger partial charge >= 0.3 is 5.97 Å². The Morgan fingerprint density at radius 2 is 2.22 bits per heavy atom. The smallest absolute Gasteiger partial charge is 0.326 e. The first-order valence-corrected chi connectivity index (χ1v) is 5.65. The molecular formula is C11H16N4O3. The van der Waals surface area contributed by atoms with Gasteiger partial charge in [-0.05, 0) is 31.9 Å². The zero-order valence-electron chi connectivity index (χ0n) is 9.87. The lowest BCUT2D eigenvalue weighted by Gasteiger charge is -2.13. The zero-order valence-corrected chi connectivity index (χ0v) is 9.87. The van der Waals surface area contributed by atoms with Gasteiger partial charge in [-0.2, -0.15) is 0 Å². The number of nitrogens with zero attached hydrogens (tertiary/aromatic N) is 2. The Balaban J connectivity index is 2.55. The van der Waals surface area contributed by atoms with Crippen LogP contribution >= 0.6 is 0 Å². The molecule has 0 spiro atoms. The Morgan fingerprint density at radius 1 is 1.44 bits per heavy atom. The van der Waals surface area contributed by atoms with E-state index < -0.39 is 17.9 Å². The molecule has 18 heavy (non-hydrogen) atoms. The molecule has 7 heteroatoms. The van der Waals surface area contributed by atoms with Gasteiger partial charge in [-0.1, -0.05) is 0 Å². The highest BCUT2D eigenvalue weighted by molar-refractivity contribution is 5.94. The van der Waals surface area contributed by atoms with Gasteiger partial charge in [-0.25, -0.2) is 14.8 Å². The predicted octanol–water partition coefficient (Wildman–Crippen LogP) is -0.211. The van der Waals surface area contributed by atoms with Crippen LogP contribution in [0.4, 0.5) is 0 Å². The molecule has 0 fully saturated rings. The summed E-state index contributed by atoms with van der Waals surface area (Å²) >= 11 is 0. The Morgan fingerprint density at radius 3 is 2.78 bits per heavy atom. The molecule has 1 aromatic heterocycles. The monoisotopic (exact) mass is 252 g/mol. The number of hydrogen-bond acceptors (Lipinski definition) is 5. The molecule has 1 aromatic rings. The number of nitrogens with two attached hydrogens (primary N) is 1. The maximum atomic E-state index is 11.7. The van der Waals surface area contributed by atoms with Crippen molar-refractivity contribution >= 4 is 11.9 Å². The van der Waals surface area contributed by atoms with Crippen LogP contribution in [0.2, 0.25) is 0 Å². The third-order valence-electron chi connectivity index (χ3n) is 2.36. The summed E-state index contributed by atoms with van der Waals surface area (Å²) in [5.41, 5.74) is 5.48. The fourth-order valence-corrected chi connectivity index (χ4v) is 1.41. The van der Waals surface area contributed by atoms with Crippen LogP contribution in [0.15, 0.2) is 18.6 Å². The molecule has 0 saturated carbocycles. The van der Waals surface area contributed by atoms with Gasteiger partial charge in [0.25, 0.3) is 5.91 Å². The van der Waals surface area contributed by atoms with Gasteiger partial charge in [0.05, 0.1) is 0 Å². The summed E-state index contributed by atoms with van der Waals surface area (Å²) in [6.45, 7) is 0.506. The molecule has 0 aliphatic carbocycles. The number of carboxylic acid groups (broad SMARTS) is 1. The van der Waals surface area contributed by atoms with Gasteiger partial charge in [0.15, 0.2) is 0 Å². The fourth-order valence-electron chi connectivity index (χ4n) is 1.41. The molecule has 7 nitrogen and oxygen atoms in total. The van der Waals surface area contributed by atoms with Crippen molar-refractivity contribution in [2.75, 3.05) is 6.54 Å². The van der Waals surface area contributed by atoms with Crippen molar-refractivity contribution in [2.24, 2.45) is 5.73 Å². The second-order valence-corrected chi connectivity index (χ2v) is 3.74. The molecule has 0 saturated heterocycles. The van der Waals surface area contributed by atoms with Crippen LogP contribution in [0.25, 0.3) is 0 Å². The molecule has 0 aromatic carbocycles. The second-order valence-electron chi connectivity index (χ2n) is 3.74. The lowest BCUT2D eigenvalue weighted by atomic mass is 10.1. The Labute approximate surface area is 104 Å². The minimum atomic E-state index is -1.06. The Bertz CT molecular complexity index is 397. The average molecular weight is 252 g/mol. The largest absolute Gasteiger partial charge is 0.480 e. The summed E-state index contributed by atoms with van der Waals surface area (Å²) in [7, 11) is 0. The standard InChI is InChI=1S/C11H16N4O3/c12-5-2-1-3-9(11(17)18)15-10(16)8-4-6-13-7-14-8/h4,6-7,9H,1-3,5,12H2,(H,15,16)(H,17,18). The molecular weight excluding hydrogens is 236 g/mol. The average Bonchev–Trinajstić information content (AvgIpc) is 2.38. The van der Waals surface area contributed by atoms with E-state index in [1.54, 1.807) is 0 Å². The number of amides is 1. The summed E-state index contributed by atoms with van der Waals surface area (Å²) in [4.78, 5) is 30.1. The summed E-state index contributed by atoms with van der Waals surface area (Å²) in [6, 6.07) is 0.507. The minimum Gasteiger partial charge on any atom is -0.480 e. The molecule has 0 radical (unpaired) electrons. The van der Waals surface area contributed by atoms with E-state index in [1.165, 1.54) is 18.6 Å². The maximum Gasteiger partial charge on any atom is 0.326 e. The van der Waals surface area contributed by atoms with Crippen LogP contribution < -0.4 is 11.1 Å². The predicted molar refractivity (Wildman–Crippen MR) is 63.8 cm³/mol. The Kier molecular flexibility index (Phi) is 5.72. The topological polar surface area (TPSA) is 118 Å². The van der Waals surface area contributed by atoms with Crippen LogP contribution in [0.5, 0.6) is 0 Å². The number of carbonyl (C=O) groups excluding carboxylic acids is 1. The third-order valence-corrected chi connectivity index (χ3v) is 2.36. The van der Waals surface area contributed by atoms with Gasteiger partial charge in [-0.15, -0.1) is 0 Å². The number of carbonyl (C=O) groups is 2. The van der Waals surface area contributed by atoms with Gasteiger partial charge in [0.1, 0.15) is 18.1 Å². The molecule has 98 valence electrons. The molecule has 1 heterocycles. The van der Waals surface area contributed by atoms with Crippen LogP contribution in [0.1, 0.15) is 29.8 Å². The molecule has 1 unspecified atom stereocenters. The van der Waals surface area contributed by atoms with Crippen molar-refractivity contribution in [3.63, 3.8) is 0 Å². The van der Waals surface area contributed by atoms with Crippen molar-refractivity contribution in [1.29, 1.82) is 0 Å². The number of nitrogens with one attached hydrogen (secondary N) is 1. The molecule has 0 aliphatic heterocycles. The molecule has 1 amide bonds. The fraction of sp³-hybridized carbons (Fsp3) is 0.455. The van der Waals surface area contributed by atoms with Crippen LogP contribution in [-0.2, 0) is 4.79 Å². The molecule has 4 N–H and O–H groups in total. The van der Waals surface area contributed by atoms with Crippen LogP contribution in [0.3, 0.4) is 0 Å². The van der Waals surface area contributed by atoms with E-state index in [2.05, 4.69) is 15.3 Å². The number of hydrogen-bond donors (Lipinski definition) is 3. The lowest BCUT2D eigenvalue weighted by Crippen LogP contribution is -2.41. The first-order chi connectivity index (χ1) is 8.65. The van der Waals surface area contributed by atoms with Crippen LogP contribution in [0, 0.1) is 0 Å². The summed E-state index contributed by atoms with van der Waals surface area (Å²) < 4.78 is 0. The van der Waals surface area contributed by atoms with E-state index in [9.17, 15) is 9.59 Å². The van der Waals surface area contributed by atoms with E-state index in [4.69, 9.17) is 10.8 Å². The van der Waals surface area contributed by atoms with Crippen LogP contribution in [-0.4, -0.2) is 39.5 Å². The summed E-state index contributed by atoms with van der Waals surface area (Å²) in [5.74, 6) is -1.58. The number of aliphatic carboxylic acids is 1. The van der Waals surface area contributed by atoms with Gasteiger partial charge in [-0.3, -0.25) is 4.79 Å². The van der Waals surface area contributed by atoms with E-state index >= 15 is 0 Å². The first-order valence-electron chi connectivity index (χ1n) is 5.65.